The Morgan fingerprint density at radius 1 is 0.957 bits per heavy atom. The monoisotopic (exact) mass is 350 g/mol. The average molecular weight is 351 g/mol. The fourth-order valence-electron chi connectivity index (χ4n) is 2.85. The molecule has 0 unspecified atom stereocenters. The highest BCUT2D eigenvalue weighted by Crippen LogP contribution is 2.24. The van der Waals surface area contributed by atoms with E-state index in [1.165, 1.54) is 5.69 Å². The van der Waals surface area contributed by atoms with Gasteiger partial charge in [-0.25, -0.2) is 0 Å². The lowest BCUT2D eigenvalue weighted by molar-refractivity contribution is 0.250. The van der Waals surface area contributed by atoms with Crippen molar-refractivity contribution in [2.75, 3.05) is 38.2 Å². The summed E-state index contributed by atoms with van der Waals surface area (Å²) in [4.78, 5) is 4.83. The molecule has 0 saturated carbocycles. The maximum Gasteiger partial charge on any atom is 0.119 e. The second-order valence-electron chi connectivity index (χ2n) is 5.70. The number of piperazine rings is 1. The van der Waals surface area contributed by atoms with Crippen molar-refractivity contribution in [2.45, 2.75) is 6.54 Å². The summed E-state index contributed by atoms with van der Waals surface area (Å²) in [6, 6.07) is 14.0. The normalized spacial score (nSPS) is 15.7. The number of nitrogens with zero attached hydrogens (tertiary/aromatic N) is 2. The minimum atomic E-state index is 0.683. The molecular formula is C18H20Cl2N2O. The Bertz CT molecular complexity index is 653. The molecule has 1 fully saturated rings. The fourth-order valence-corrected chi connectivity index (χ4v) is 3.32. The van der Waals surface area contributed by atoms with Crippen LogP contribution >= 0.6 is 23.2 Å². The van der Waals surface area contributed by atoms with Crippen molar-refractivity contribution < 1.29 is 4.74 Å². The molecule has 0 N–H and O–H groups in total. The van der Waals surface area contributed by atoms with Gasteiger partial charge in [-0.3, -0.25) is 4.90 Å². The van der Waals surface area contributed by atoms with Gasteiger partial charge in [0.15, 0.2) is 0 Å². The molecule has 5 heteroatoms. The van der Waals surface area contributed by atoms with Crippen LogP contribution in [0.25, 0.3) is 0 Å². The molecule has 0 bridgehead atoms. The highest BCUT2D eigenvalue weighted by atomic mass is 35.5. The van der Waals surface area contributed by atoms with Crippen LogP contribution in [0.5, 0.6) is 5.75 Å². The van der Waals surface area contributed by atoms with Gasteiger partial charge in [0, 0.05) is 48.5 Å². The smallest absolute Gasteiger partial charge is 0.119 e. The van der Waals surface area contributed by atoms with Gasteiger partial charge < -0.3 is 9.64 Å². The van der Waals surface area contributed by atoms with Gasteiger partial charge in [0.05, 0.1) is 7.11 Å². The van der Waals surface area contributed by atoms with E-state index >= 15 is 0 Å². The van der Waals surface area contributed by atoms with Crippen molar-refractivity contribution in [3.05, 3.63) is 58.1 Å². The molecule has 1 heterocycles. The van der Waals surface area contributed by atoms with Crippen LogP contribution in [0.2, 0.25) is 10.0 Å². The number of anilines is 1. The van der Waals surface area contributed by atoms with E-state index in [0.29, 0.717) is 5.02 Å². The van der Waals surface area contributed by atoms with Crippen molar-refractivity contribution >= 4 is 28.9 Å². The summed E-state index contributed by atoms with van der Waals surface area (Å²) in [5, 5.41) is 1.43. The zero-order valence-electron chi connectivity index (χ0n) is 13.1. The lowest BCUT2D eigenvalue weighted by Crippen LogP contribution is -2.46. The van der Waals surface area contributed by atoms with Crippen LogP contribution in [-0.4, -0.2) is 38.2 Å². The third-order valence-corrected chi connectivity index (χ3v) is 4.81. The predicted octanol–water partition coefficient (Wildman–Crippen LogP) is 4.32. The molecule has 122 valence electrons. The predicted molar refractivity (Wildman–Crippen MR) is 96.9 cm³/mol. The zero-order chi connectivity index (χ0) is 16.2. The van der Waals surface area contributed by atoms with Crippen LogP contribution in [0, 0.1) is 0 Å². The quantitative estimate of drug-likeness (QED) is 0.816. The second kappa shape index (κ2) is 7.43. The molecule has 0 spiro atoms. The third-order valence-electron chi connectivity index (χ3n) is 4.22. The van der Waals surface area contributed by atoms with Crippen LogP contribution in [0.3, 0.4) is 0 Å². The summed E-state index contributed by atoms with van der Waals surface area (Å²) in [5.41, 5.74) is 2.38. The molecule has 23 heavy (non-hydrogen) atoms. The summed E-state index contributed by atoms with van der Waals surface area (Å²) in [7, 11) is 1.69. The molecule has 3 nitrogen and oxygen atoms in total. The third kappa shape index (κ3) is 4.11. The molecular weight excluding hydrogens is 331 g/mol. The number of rotatable bonds is 4. The summed E-state index contributed by atoms with van der Waals surface area (Å²) in [5.74, 6) is 0.893. The van der Waals surface area contributed by atoms with Gasteiger partial charge in [-0.1, -0.05) is 29.3 Å². The number of benzene rings is 2. The fraction of sp³-hybridized carbons (Fsp3) is 0.333. The first kappa shape index (κ1) is 16.4. The van der Waals surface area contributed by atoms with E-state index in [4.69, 9.17) is 27.9 Å². The number of ether oxygens (including phenoxy) is 1. The SMILES string of the molecule is COc1ccc(N2CCN(Cc3ccc(Cl)cc3Cl)CC2)cc1. The zero-order valence-corrected chi connectivity index (χ0v) is 14.6. The first-order chi connectivity index (χ1) is 11.2. The maximum absolute atomic E-state index is 6.27. The van der Waals surface area contributed by atoms with Crippen LogP contribution in [0.15, 0.2) is 42.5 Å². The first-order valence-electron chi connectivity index (χ1n) is 7.71. The lowest BCUT2D eigenvalue weighted by Gasteiger charge is -2.36. The van der Waals surface area contributed by atoms with E-state index < -0.39 is 0 Å². The summed E-state index contributed by atoms with van der Waals surface area (Å²) in [6.07, 6.45) is 0. The highest BCUT2D eigenvalue weighted by Gasteiger charge is 2.18. The Morgan fingerprint density at radius 2 is 1.65 bits per heavy atom. The number of hydrogen-bond acceptors (Lipinski definition) is 3. The van der Waals surface area contributed by atoms with Gasteiger partial charge >= 0.3 is 0 Å². The van der Waals surface area contributed by atoms with E-state index in [1.807, 2.05) is 30.3 Å². The first-order valence-corrected chi connectivity index (χ1v) is 8.46. The Balaban J connectivity index is 1.57. The van der Waals surface area contributed by atoms with E-state index in [2.05, 4.69) is 21.9 Å². The van der Waals surface area contributed by atoms with E-state index in [9.17, 15) is 0 Å². The molecule has 0 aromatic heterocycles. The second-order valence-corrected chi connectivity index (χ2v) is 6.54. The van der Waals surface area contributed by atoms with Crippen molar-refractivity contribution in [2.24, 2.45) is 0 Å². The number of hydrogen-bond donors (Lipinski definition) is 0. The van der Waals surface area contributed by atoms with E-state index in [0.717, 1.165) is 49.1 Å². The maximum atomic E-state index is 6.27. The van der Waals surface area contributed by atoms with Crippen molar-refractivity contribution in [1.29, 1.82) is 0 Å². The van der Waals surface area contributed by atoms with Crippen LogP contribution < -0.4 is 9.64 Å². The molecule has 3 rings (SSSR count). The van der Waals surface area contributed by atoms with Gasteiger partial charge in [-0.2, -0.15) is 0 Å². The van der Waals surface area contributed by atoms with Gasteiger partial charge in [0.25, 0.3) is 0 Å². The van der Waals surface area contributed by atoms with Gasteiger partial charge in [-0.05, 0) is 42.0 Å². The summed E-state index contributed by atoms with van der Waals surface area (Å²) >= 11 is 12.2. The minimum absolute atomic E-state index is 0.683. The molecule has 0 amide bonds. The molecule has 0 aliphatic carbocycles. The molecule has 1 aliphatic rings. The largest absolute Gasteiger partial charge is 0.497 e. The standard InChI is InChI=1S/C18H20Cl2N2O/c1-23-17-6-4-16(5-7-17)22-10-8-21(9-11-22)13-14-2-3-15(19)12-18(14)20/h2-7,12H,8-11,13H2,1H3. The Kier molecular flexibility index (Phi) is 5.31. The Labute approximate surface area is 147 Å². The highest BCUT2D eigenvalue weighted by molar-refractivity contribution is 6.35. The van der Waals surface area contributed by atoms with Crippen molar-refractivity contribution in [3.63, 3.8) is 0 Å². The average Bonchev–Trinajstić information content (AvgIpc) is 2.58. The Hall–Kier alpha value is -1.42. The summed E-state index contributed by atoms with van der Waals surface area (Å²) < 4.78 is 5.21. The molecule has 0 radical (unpaired) electrons. The van der Waals surface area contributed by atoms with Crippen LogP contribution in [0.4, 0.5) is 5.69 Å². The molecule has 1 aliphatic heterocycles. The van der Waals surface area contributed by atoms with Crippen LogP contribution in [-0.2, 0) is 6.54 Å². The molecule has 2 aromatic carbocycles. The van der Waals surface area contributed by atoms with E-state index in [1.54, 1.807) is 7.11 Å². The number of halogens is 2. The van der Waals surface area contributed by atoms with Crippen LogP contribution in [0.1, 0.15) is 5.56 Å². The lowest BCUT2D eigenvalue weighted by atomic mass is 10.2. The van der Waals surface area contributed by atoms with Crippen molar-refractivity contribution in [3.8, 4) is 5.75 Å². The van der Waals surface area contributed by atoms with E-state index in [-0.39, 0.29) is 0 Å². The van der Waals surface area contributed by atoms with Gasteiger partial charge in [-0.15, -0.1) is 0 Å². The summed E-state index contributed by atoms with van der Waals surface area (Å²) in [6.45, 7) is 4.93. The topological polar surface area (TPSA) is 15.7 Å². The molecule has 0 atom stereocenters. The van der Waals surface area contributed by atoms with Crippen molar-refractivity contribution in [1.82, 2.24) is 4.90 Å². The van der Waals surface area contributed by atoms with Gasteiger partial charge in [0.1, 0.15) is 5.75 Å². The van der Waals surface area contributed by atoms with Gasteiger partial charge in [0.2, 0.25) is 0 Å². The molecule has 1 saturated heterocycles. The molecule has 2 aromatic rings. The minimum Gasteiger partial charge on any atom is -0.497 e. The Morgan fingerprint density at radius 3 is 2.26 bits per heavy atom. The number of methoxy groups -OCH3 is 1.